The summed E-state index contributed by atoms with van der Waals surface area (Å²) in [6.07, 6.45) is 1.68. The molecule has 2 aliphatic heterocycles. The Balaban J connectivity index is 1.27. The van der Waals surface area contributed by atoms with Crippen molar-refractivity contribution >= 4 is 21.6 Å². The van der Waals surface area contributed by atoms with Crippen molar-refractivity contribution in [3.63, 3.8) is 0 Å². The summed E-state index contributed by atoms with van der Waals surface area (Å²) in [6, 6.07) is 2.17. The molecule has 0 amide bonds. The zero-order chi connectivity index (χ0) is 18.4. The Morgan fingerprint density at radius 2 is 2.04 bits per heavy atom. The Hall–Kier alpha value is -1.32. The average molecular weight is 391 g/mol. The molecule has 2 aromatic heterocycles. The van der Waals surface area contributed by atoms with Crippen LogP contribution < -0.4 is 5.56 Å². The highest BCUT2D eigenvalue weighted by Gasteiger charge is 2.43. The van der Waals surface area contributed by atoms with E-state index in [4.69, 9.17) is 4.74 Å². The Bertz CT molecular complexity index is 862. The minimum absolute atomic E-state index is 0.0376. The standard InChI is InChI=1S/C19H26N4O3S/c24-16-8-13-10-22(9-12(13)7-15(16)23-2-4-26-5-3-23)11-17-20-14-1-6-27-18(14)19(25)21-17/h1,6,12-13,15-16,24H,2-5,7-11H2,(H,20,21,25)/t12-,13+,15-,16-/m1/s1. The van der Waals surface area contributed by atoms with Crippen molar-refractivity contribution in [2.24, 2.45) is 11.8 Å². The third-order valence-electron chi connectivity index (χ3n) is 6.44. The van der Waals surface area contributed by atoms with Gasteiger partial charge in [-0.1, -0.05) is 0 Å². The van der Waals surface area contributed by atoms with Gasteiger partial charge in [0.25, 0.3) is 5.56 Å². The number of fused-ring (bicyclic) bond motifs is 2. The first-order valence-corrected chi connectivity index (χ1v) is 10.7. The van der Waals surface area contributed by atoms with Crippen LogP contribution in [0, 0.1) is 11.8 Å². The van der Waals surface area contributed by atoms with Gasteiger partial charge in [-0.05, 0) is 36.1 Å². The number of nitrogens with one attached hydrogen (secondary N) is 1. The second-order valence-electron chi connectivity index (χ2n) is 8.12. The summed E-state index contributed by atoms with van der Waals surface area (Å²) < 4.78 is 6.16. The summed E-state index contributed by atoms with van der Waals surface area (Å²) in [4.78, 5) is 24.6. The molecule has 7 nitrogen and oxygen atoms in total. The number of hydrogen-bond donors (Lipinski definition) is 2. The summed E-state index contributed by atoms with van der Waals surface area (Å²) in [5.41, 5.74) is 0.752. The number of hydrogen-bond acceptors (Lipinski definition) is 7. The van der Waals surface area contributed by atoms with E-state index < -0.39 is 0 Å². The van der Waals surface area contributed by atoms with E-state index in [1.807, 2.05) is 11.4 Å². The van der Waals surface area contributed by atoms with Gasteiger partial charge in [-0.3, -0.25) is 14.6 Å². The minimum atomic E-state index is -0.246. The van der Waals surface area contributed by atoms with E-state index in [0.29, 0.717) is 23.1 Å². The van der Waals surface area contributed by atoms with Gasteiger partial charge in [0.15, 0.2) is 0 Å². The molecular formula is C19H26N4O3S. The van der Waals surface area contributed by atoms with Crippen molar-refractivity contribution < 1.29 is 9.84 Å². The lowest BCUT2D eigenvalue weighted by molar-refractivity contribution is -0.0520. The highest BCUT2D eigenvalue weighted by molar-refractivity contribution is 7.17. The molecule has 146 valence electrons. The third kappa shape index (κ3) is 3.45. The molecule has 2 aromatic rings. The zero-order valence-corrected chi connectivity index (χ0v) is 16.2. The van der Waals surface area contributed by atoms with Crippen LogP contribution in [0.3, 0.4) is 0 Å². The Labute approximate surface area is 162 Å². The van der Waals surface area contributed by atoms with Gasteiger partial charge in [-0.15, -0.1) is 11.3 Å². The zero-order valence-electron chi connectivity index (χ0n) is 15.3. The summed E-state index contributed by atoms with van der Waals surface area (Å²) in [5.74, 6) is 1.89. The molecule has 0 bridgehead atoms. The normalized spacial score (nSPS) is 32.8. The summed E-state index contributed by atoms with van der Waals surface area (Å²) in [7, 11) is 0. The van der Waals surface area contributed by atoms with Crippen LogP contribution in [-0.4, -0.2) is 76.4 Å². The van der Waals surface area contributed by atoms with Gasteiger partial charge >= 0.3 is 0 Å². The van der Waals surface area contributed by atoms with E-state index in [-0.39, 0.29) is 17.7 Å². The first-order chi connectivity index (χ1) is 13.2. The number of ether oxygens (including phenoxy) is 1. The number of rotatable bonds is 3. The van der Waals surface area contributed by atoms with Crippen molar-refractivity contribution in [3.05, 3.63) is 27.6 Å². The smallest absolute Gasteiger partial charge is 0.268 e. The number of nitrogens with zero attached hydrogens (tertiary/aromatic N) is 3. The molecule has 4 atom stereocenters. The van der Waals surface area contributed by atoms with Gasteiger partial charge in [-0.2, -0.15) is 0 Å². The van der Waals surface area contributed by atoms with Crippen LogP contribution in [0.15, 0.2) is 16.2 Å². The number of thiophene rings is 1. The fourth-order valence-electron chi connectivity index (χ4n) is 5.14. The van der Waals surface area contributed by atoms with Gasteiger partial charge in [0.2, 0.25) is 0 Å². The number of H-pyrrole nitrogens is 1. The van der Waals surface area contributed by atoms with Gasteiger partial charge in [-0.25, -0.2) is 4.98 Å². The van der Waals surface area contributed by atoms with Gasteiger partial charge in [0.05, 0.1) is 31.4 Å². The molecule has 0 spiro atoms. The number of aliphatic hydroxyl groups excluding tert-OH is 1. The summed E-state index contributed by atoms with van der Waals surface area (Å²) >= 11 is 1.43. The molecule has 3 aliphatic rings. The quantitative estimate of drug-likeness (QED) is 0.810. The minimum Gasteiger partial charge on any atom is -0.391 e. The van der Waals surface area contributed by atoms with Gasteiger partial charge < -0.3 is 14.8 Å². The summed E-state index contributed by atoms with van der Waals surface area (Å²) in [6.45, 7) is 6.06. The molecule has 4 heterocycles. The molecule has 0 aromatic carbocycles. The van der Waals surface area contributed by atoms with E-state index in [1.54, 1.807) is 0 Å². The van der Waals surface area contributed by atoms with Gasteiger partial charge in [0, 0.05) is 32.2 Å². The lowest BCUT2D eigenvalue weighted by Crippen LogP contribution is -2.53. The first-order valence-electron chi connectivity index (χ1n) is 9.86. The monoisotopic (exact) mass is 390 g/mol. The molecule has 1 aliphatic carbocycles. The molecule has 0 radical (unpaired) electrons. The topological polar surface area (TPSA) is 81.7 Å². The number of aliphatic hydroxyl groups is 1. The third-order valence-corrected chi connectivity index (χ3v) is 7.34. The second kappa shape index (κ2) is 7.25. The van der Waals surface area contributed by atoms with Crippen LogP contribution in [-0.2, 0) is 11.3 Å². The van der Waals surface area contributed by atoms with E-state index in [1.165, 1.54) is 11.3 Å². The molecule has 2 N–H and O–H groups in total. The van der Waals surface area contributed by atoms with Crippen LogP contribution in [0.1, 0.15) is 18.7 Å². The number of morpholine rings is 1. The maximum Gasteiger partial charge on any atom is 0.268 e. The lowest BCUT2D eigenvalue weighted by Gasteiger charge is -2.43. The predicted molar refractivity (Wildman–Crippen MR) is 104 cm³/mol. The van der Waals surface area contributed by atoms with Crippen LogP contribution in [0.25, 0.3) is 10.2 Å². The Morgan fingerprint density at radius 3 is 2.85 bits per heavy atom. The second-order valence-corrected chi connectivity index (χ2v) is 9.03. The van der Waals surface area contributed by atoms with E-state index in [0.717, 1.165) is 63.6 Å². The molecule has 27 heavy (non-hydrogen) atoms. The van der Waals surface area contributed by atoms with Crippen molar-refractivity contribution in [3.8, 4) is 0 Å². The molecule has 0 unspecified atom stereocenters. The molecule has 5 rings (SSSR count). The molecule has 2 saturated heterocycles. The van der Waals surface area contributed by atoms with E-state index in [2.05, 4.69) is 19.8 Å². The SMILES string of the molecule is O=c1[nH]c(CN2C[C@H]3C[C@@H](N4CCOCC4)[C@H](O)C[C@H]3C2)nc2ccsc12. The highest BCUT2D eigenvalue weighted by Crippen LogP contribution is 2.38. The molecule has 8 heteroatoms. The van der Waals surface area contributed by atoms with Crippen LogP contribution in [0.5, 0.6) is 0 Å². The predicted octanol–water partition coefficient (Wildman–Crippen LogP) is 0.888. The number of aromatic amines is 1. The Morgan fingerprint density at radius 1 is 1.26 bits per heavy atom. The number of likely N-dealkylation sites (tertiary alicyclic amines) is 1. The Kier molecular flexibility index (Phi) is 4.77. The fourth-order valence-corrected chi connectivity index (χ4v) is 5.87. The molecule has 3 fully saturated rings. The summed E-state index contributed by atoms with van der Waals surface area (Å²) in [5, 5.41) is 12.6. The van der Waals surface area contributed by atoms with Gasteiger partial charge in [0.1, 0.15) is 10.5 Å². The highest BCUT2D eigenvalue weighted by atomic mass is 32.1. The number of aromatic nitrogens is 2. The maximum atomic E-state index is 12.2. The lowest BCUT2D eigenvalue weighted by atomic mass is 9.77. The molecule has 1 saturated carbocycles. The van der Waals surface area contributed by atoms with Crippen molar-refractivity contribution in [2.45, 2.75) is 31.5 Å². The van der Waals surface area contributed by atoms with Crippen LogP contribution in [0.2, 0.25) is 0 Å². The molecular weight excluding hydrogens is 364 g/mol. The van der Waals surface area contributed by atoms with Crippen molar-refractivity contribution in [1.29, 1.82) is 0 Å². The fraction of sp³-hybridized carbons (Fsp3) is 0.684. The van der Waals surface area contributed by atoms with E-state index in [9.17, 15) is 9.90 Å². The van der Waals surface area contributed by atoms with Crippen LogP contribution in [0.4, 0.5) is 0 Å². The largest absolute Gasteiger partial charge is 0.391 e. The van der Waals surface area contributed by atoms with Crippen molar-refractivity contribution in [2.75, 3.05) is 39.4 Å². The van der Waals surface area contributed by atoms with E-state index >= 15 is 0 Å². The van der Waals surface area contributed by atoms with Crippen LogP contribution >= 0.6 is 11.3 Å². The average Bonchev–Trinajstić information content (AvgIpc) is 3.28. The first kappa shape index (κ1) is 17.8. The maximum absolute atomic E-state index is 12.2. The van der Waals surface area contributed by atoms with Crippen molar-refractivity contribution in [1.82, 2.24) is 19.8 Å².